The SMILES string of the molecule is Cc1cc(-c2c(F)n3n(c2=O)CCOCC3)c(Cl)cc1Cl.O=c1c(-c2cc(O)c(Cl)cc2Cl)c(F)n2n1CCOCC2. The van der Waals surface area contributed by atoms with Crippen LogP contribution in [0.4, 0.5) is 8.78 Å². The third-order valence-electron chi connectivity index (χ3n) is 6.96. The number of aryl methyl sites for hydroxylation is 1. The fraction of sp³-hybridized carbons (Fsp3) is 0.333. The van der Waals surface area contributed by atoms with Gasteiger partial charge >= 0.3 is 0 Å². The molecule has 0 saturated heterocycles. The number of rotatable bonds is 2. The quantitative estimate of drug-likeness (QED) is 0.302. The molecule has 2 aromatic carbocycles. The van der Waals surface area contributed by atoms with E-state index in [0.717, 1.165) is 5.56 Å². The standard InChI is InChI=1S/C14H13Cl2FN2O2.C13H11Cl2FN2O3/c1-8-6-9(11(16)7-10(8)15)12-13(17)18-2-4-21-5-3-19(18)14(12)20;14-8-6-9(15)10(19)5-7(8)11-12(16)17-1-3-21-4-2-18(17)13(11)20/h6-7H,2-5H2,1H3;5-6,19H,1-4H2. The van der Waals surface area contributed by atoms with Gasteiger partial charge in [0.25, 0.3) is 11.1 Å². The van der Waals surface area contributed by atoms with Crippen molar-refractivity contribution in [3.05, 3.63) is 82.5 Å². The van der Waals surface area contributed by atoms with Gasteiger partial charge in [0.15, 0.2) is 0 Å². The molecule has 6 rings (SSSR count). The molecule has 2 aliphatic heterocycles. The molecular formula is C27H24Cl4F2N4O5. The van der Waals surface area contributed by atoms with Crippen molar-refractivity contribution in [2.45, 2.75) is 33.1 Å². The molecule has 4 aromatic rings. The number of fused-ring (bicyclic) bond motifs is 2. The molecule has 2 aliphatic rings. The van der Waals surface area contributed by atoms with E-state index in [9.17, 15) is 23.5 Å². The molecule has 42 heavy (non-hydrogen) atoms. The molecule has 15 heteroatoms. The largest absolute Gasteiger partial charge is 0.506 e. The number of hydrogen-bond acceptors (Lipinski definition) is 5. The van der Waals surface area contributed by atoms with Gasteiger partial charge in [-0.3, -0.25) is 19.0 Å². The zero-order valence-electron chi connectivity index (χ0n) is 22.1. The summed E-state index contributed by atoms with van der Waals surface area (Å²) in [6.45, 7) is 4.31. The number of ether oxygens (including phenoxy) is 2. The lowest BCUT2D eigenvalue weighted by Crippen LogP contribution is -2.23. The first-order valence-electron chi connectivity index (χ1n) is 12.8. The van der Waals surface area contributed by atoms with Crippen molar-refractivity contribution in [2.24, 2.45) is 0 Å². The highest BCUT2D eigenvalue weighted by molar-refractivity contribution is 6.37. The van der Waals surface area contributed by atoms with Gasteiger partial charge < -0.3 is 14.6 Å². The molecule has 0 radical (unpaired) electrons. The van der Waals surface area contributed by atoms with Crippen LogP contribution >= 0.6 is 46.4 Å². The van der Waals surface area contributed by atoms with Crippen molar-refractivity contribution in [3.63, 3.8) is 0 Å². The summed E-state index contributed by atoms with van der Waals surface area (Å²) in [4.78, 5) is 24.9. The summed E-state index contributed by atoms with van der Waals surface area (Å²) in [7, 11) is 0. The minimum Gasteiger partial charge on any atom is -0.506 e. The van der Waals surface area contributed by atoms with Crippen molar-refractivity contribution in [1.29, 1.82) is 0 Å². The highest BCUT2D eigenvalue weighted by atomic mass is 35.5. The van der Waals surface area contributed by atoms with Gasteiger partial charge in [-0.15, -0.1) is 0 Å². The number of aromatic nitrogens is 4. The minimum atomic E-state index is -0.700. The second-order valence-electron chi connectivity index (χ2n) is 9.52. The molecule has 4 heterocycles. The number of aromatic hydroxyl groups is 1. The summed E-state index contributed by atoms with van der Waals surface area (Å²) in [5.41, 5.74) is 0.133. The van der Waals surface area contributed by atoms with Crippen LogP contribution in [0.3, 0.4) is 0 Å². The van der Waals surface area contributed by atoms with E-state index in [1.54, 1.807) is 13.0 Å². The zero-order valence-corrected chi connectivity index (χ0v) is 25.1. The van der Waals surface area contributed by atoms with Crippen LogP contribution in [0, 0.1) is 18.8 Å². The van der Waals surface area contributed by atoms with E-state index in [0.29, 0.717) is 50.1 Å². The predicted octanol–water partition coefficient (Wildman–Crippen LogP) is 5.60. The molecule has 0 fully saturated rings. The summed E-state index contributed by atoms with van der Waals surface area (Å²) in [6.07, 6.45) is 0. The molecule has 224 valence electrons. The van der Waals surface area contributed by atoms with E-state index in [-0.39, 0.29) is 50.6 Å². The Balaban J connectivity index is 0.000000168. The Kier molecular flexibility index (Phi) is 9.08. The Hall–Kier alpha value is -2.80. The van der Waals surface area contributed by atoms with E-state index in [1.165, 1.54) is 36.9 Å². The van der Waals surface area contributed by atoms with Gasteiger partial charge in [0.1, 0.15) is 16.9 Å². The fourth-order valence-corrected chi connectivity index (χ4v) is 5.80. The maximum absolute atomic E-state index is 14.6. The molecule has 0 bridgehead atoms. The first-order chi connectivity index (χ1) is 20.0. The van der Waals surface area contributed by atoms with Gasteiger partial charge in [0, 0.05) is 16.1 Å². The van der Waals surface area contributed by atoms with Crippen LogP contribution < -0.4 is 11.1 Å². The highest BCUT2D eigenvalue weighted by Crippen LogP contribution is 2.36. The minimum absolute atomic E-state index is 0.0123. The molecule has 0 saturated carbocycles. The maximum Gasteiger partial charge on any atom is 0.277 e. The van der Waals surface area contributed by atoms with Crippen LogP contribution in [0.15, 0.2) is 33.9 Å². The third-order valence-corrected chi connectivity index (χ3v) is 8.29. The monoisotopic (exact) mass is 662 g/mol. The first-order valence-corrected chi connectivity index (χ1v) is 14.3. The van der Waals surface area contributed by atoms with Crippen LogP contribution in [0.25, 0.3) is 22.3 Å². The van der Waals surface area contributed by atoms with Crippen LogP contribution in [-0.2, 0) is 35.7 Å². The average molecular weight is 664 g/mol. The van der Waals surface area contributed by atoms with Crippen molar-refractivity contribution < 1.29 is 23.4 Å². The van der Waals surface area contributed by atoms with Crippen LogP contribution in [0.1, 0.15) is 5.56 Å². The van der Waals surface area contributed by atoms with Gasteiger partial charge in [-0.2, -0.15) is 8.78 Å². The van der Waals surface area contributed by atoms with Crippen molar-refractivity contribution in [1.82, 2.24) is 18.7 Å². The normalized spacial score (nSPS) is 14.8. The van der Waals surface area contributed by atoms with E-state index in [2.05, 4.69) is 0 Å². The Bertz CT molecular complexity index is 1670. The van der Waals surface area contributed by atoms with Crippen molar-refractivity contribution in [3.8, 4) is 28.0 Å². The smallest absolute Gasteiger partial charge is 0.277 e. The number of hydrogen-bond donors (Lipinski definition) is 1. The maximum atomic E-state index is 14.6. The molecule has 2 aromatic heterocycles. The Morgan fingerprint density at radius 1 is 0.643 bits per heavy atom. The van der Waals surface area contributed by atoms with Gasteiger partial charge in [-0.1, -0.05) is 46.4 Å². The van der Waals surface area contributed by atoms with Crippen LogP contribution in [0.2, 0.25) is 20.1 Å². The number of phenols is 1. The average Bonchev–Trinajstić information content (AvgIpc) is 3.19. The lowest BCUT2D eigenvalue weighted by atomic mass is 10.1. The second kappa shape index (κ2) is 12.4. The molecule has 0 spiro atoms. The van der Waals surface area contributed by atoms with Crippen molar-refractivity contribution in [2.75, 3.05) is 26.4 Å². The molecule has 0 unspecified atom stereocenters. The van der Waals surface area contributed by atoms with Crippen LogP contribution in [-0.4, -0.2) is 50.3 Å². The molecule has 0 aliphatic carbocycles. The van der Waals surface area contributed by atoms with Gasteiger partial charge in [0.2, 0.25) is 11.9 Å². The highest BCUT2D eigenvalue weighted by Gasteiger charge is 2.26. The summed E-state index contributed by atoms with van der Waals surface area (Å²) < 4.78 is 44.9. The molecule has 9 nitrogen and oxygen atoms in total. The number of phenolic OH excluding ortho intramolecular Hbond substituents is 1. The van der Waals surface area contributed by atoms with Crippen molar-refractivity contribution >= 4 is 46.4 Å². The fourth-order valence-electron chi connectivity index (χ4n) is 4.85. The van der Waals surface area contributed by atoms with E-state index in [4.69, 9.17) is 55.9 Å². The summed E-state index contributed by atoms with van der Waals surface area (Å²) >= 11 is 23.9. The Morgan fingerprint density at radius 3 is 1.52 bits per heavy atom. The number of nitrogens with zero attached hydrogens (tertiary/aromatic N) is 4. The summed E-state index contributed by atoms with van der Waals surface area (Å²) in [6, 6.07) is 5.65. The molecular weight excluding hydrogens is 640 g/mol. The van der Waals surface area contributed by atoms with Gasteiger partial charge in [0.05, 0.1) is 67.7 Å². The lowest BCUT2D eigenvalue weighted by Gasteiger charge is -2.06. The van der Waals surface area contributed by atoms with Crippen LogP contribution in [0.5, 0.6) is 5.75 Å². The topological polar surface area (TPSA) is 92.5 Å². The molecule has 0 atom stereocenters. The Labute approximate surface area is 257 Å². The van der Waals surface area contributed by atoms with Gasteiger partial charge in [-0.05, 0) is 36.8 Å². The van der Waals surface area contributed by atoms with E-state index < -0.39 is 23.0 Å². The second-order valence-corrected chi connectivity index (χ2v) is 11.2. The zero-order chi connectivity index (χ0) is 30.3. The molecule has 1 N–H and O–H groups in total. The van der Waals surface area contributed by atoms with Gasteiger partial charge in [-0.25, -0.2) is 9.36 Å². The summed E-state index contributed by atoms with van der Waals surface area (Å²) in [5.74, 6) is -1.55. The predicted molar refractivity (Wildman–Crippen MR) is 156 cm³/mol. The van der Waals surface area contributed by atoms with E-state index in [1.807, 2.05) is 0 Å². The lowest BCUT2D eigenvalue weighted by molar-refractivity contribution is 0.136. The third kappa shape index (κ3) is 5.61. The van der Waals surface area contributed by atoms with E-state index >= 15 is 0 Å². The first kappa shape index (κ1) is 30.7. The number of halogens is 6. The summed E-state index contributed by atoms with van der Waals surface area (Å²) in [5, 5.41) is 10.6. The molecule has 0 amide bonds. The number of benzene rings is 2. The Morgan fingerprint density at radius 2 is 1.05 bits per heavy atom.